The molecule has 0 atom stereocenters. The molecule has 1 aliphatic carbocycles. The van der Waals surface area contributed by atoms with Gasteiger partial charge in [-0.1, -0.05) is 13.8 Å². The Morgan fingerprint density at radius 3 is 2.22 bits per heavy atom. The fourth-order valence-corrected chi connectivity index (χ4v) is 3.56. The highest BCUT2D eigenvalue weighted by Crippen LogP contribution is 2.42. The van der Waals surface area contributed by atoms with Gasteiger partial charge in [-0.2, -0.15) is 0 Å². The molecule has 2 aliphatic rings. The minimum atomic E-state index is 0.306. The highest BCUT2D eigenvalue weighted by atomic mass is 15.3. The smallest absolute Gasteiger partial charge is 0.0332 e. The summed E-state index contributed by atoms with van der Waals surface area (Å²) in [6, 6.07) is 0. The van der Waals surface area contributed by atoms with E-state index in [4.69, 9.17) is 5.73 Å². The van der Waals surface area contributed by atoms with Crippen LogP contribution in [0.1, 0.15) is 46.0 Å². The van der Waals surface area contributed by atoms with Crippen LogP contribution in [0.3, 0.4) is 0 Å². The lowest BCUT2D eigenvalue weighted by Gasteiger charge is -2.49. The summed E-state index contributed by atoms with van der Waals surface area (Å²) in [7, 11) is 2.24. The standard InChI is InChI=1S/C15H31N3/c1-14(2)5-7-15(13-16,8-6-14)18-10-4-9-17(3)11-12-18/h4-13,16H2,1-3H3. The van der Waals surface area contributed by atoms with Gasteiger partial charge in [0.2, 0.25) is 0 Å². The summed E-state index contributed by atoms with van der Waals surface area (Å²) in [4.78, 5) is 5.17. The van der Waals surface area contributed by atoms with Gasteiger partial charge in [-0.25, -0.2) is 0 Å². The molecule has 3 nitrogen and oxygen atoms in total. The van der Waals surface area contributed by atoms with Crippen molar-refractivity contribution < 1.29 is 0 Å². The fourth-order valence-electron chi connectivity index (χ4n) is 3.56. The summed E-state index contributed by atoms with van der Waals surface area (Å²) >= 11 is 0. The van der Waals surface area contributed by atoms with Crippen LogP contribution in [0.5, 0.6) is 0 Å². The molecule has 0 aromatic heterocycles. The number of likely N-dealkylation sites (N-methyl/N-ethyl adjacent to an activating group) is 1. The Hall–Kier alpha value is -0.120. The molecular formula is C15H31N3. The molecule has 1 aliphatic heterocycles. The molecule has 0 aromatic carbocycles. The molecule has 1 heterocycles. The monoisotopic (exact) mass is 253 g/mol. The number of nitrogens with two attached hydrogens (primary N) is 1. The fraction of sp³-hybridized carbons (Fsp3) is 1.00. The van der Waals surface area contributed by atoms with Crippen LogP contribution in [-0.2, 0) is 0 Å². The van der Waals surface area contributed by atoms with Crippen LogP contribution in [0.2, 0.25) is 0 Å². The van der Waals surface area contributed by atoms with Crippen molar-refractivity contribution in [2.24, 2.45) is 11.1 Å². The minimum absolute atomic E-state index is 0.306. The molecule has 3 heteroatoms. The quantitative estimate of drug-likeness (QED) is 0.816. The van der Waals surface area contributed by atoms with E-state index in [-0.39, 0.29) is 0 Å². The first-order valence-corrected chi connectivity index (χ1v) is 7.61. The lowest BCUT2D eigenvalue weighted by Crippen LogP contribution is -2.57. The Balaban J connectivity index is 2.03. The van der Waals surface area contributed by atoms with Crippen molar-refractivity contribution in [3.63, 3.8) is 0 Å². The largest absolute Gasteiger partial charge is 0.329 e. The molecule has 0 amide bonds. The second-order valence-corrected chi connectivity index (χ2v) is 7.24. The van der Waals surface area contributed by atoms with E-state index in [2.05, 4.69) is 30.7 Å². The van der Waals surface area contributed by atoms with Gasteiger partial charge in [0.15, 0.2) is 0 Å². The van der Waals surface area contributed by atoms with Gasteiger partial charge in [0.25, 0.3) is 0 Å². The Labute approximate surface area is 113 Å². The molecule has 106 valence electrons. The molecule has 2 rings (SSSR count). The van der Waals surface area contributed by atoms with Gasteiger partial charge < -0.3 is 10.6 Å². The summed E-state index contributed by atoms with van der Waals surface area (Å²) in [5.41, 5.74) is 7.02. The third-order valence-corrected chi connectivity index (χ3v) is 5.30. The molecule has 2 fully saturated rings. The first-order chi connectivity index (χ1) is 8.47. The van der Waals surface area contributed by atoms with Crippen LogP contribution in [0, 0.1) is 5.41 Å². The maximum absolute atomic E-state index is 6.19. The Morgan fingerprint density at radius 2 is 1.61 bits per heavy atom. The number of hydrogen-bond acceptors (Lipinski definition) is 3. The molecule has 0 radical (unpaired) electrons. The third kappa shape index (κ3) is 3.06. The van der Waals surface area contributed by atoms with Crippen LogP contribution < -0.4 is 5.73 Å². The third-order valence-electron chi connectivity index (χ3n) is 5.30. The van der Waals surface area contributed by atoms with Gasteiger partial charge in [-0.15, -0.1) is 0 Å². The van der Waals surface area contributed by atoms with Crippen molar-refractivity contribution in [1.82, 2.24) is 9.80 Å². The molecular weight excluding hydrogens is 222 g/mol. The average molecular weight is 253 g/mol. The van der Waals surface area contributed by atoms with Crippen LogP contribution in [0.4, 0.5) is 0 Å². The summed E-state index contributed by atoms with van der Waals surface area (Å²) in [6.45, 7) is 10.5. The van der Waals surface area contributed by atoms with Crippen molar-refractivity contribution in [2.45, 2.75) is 51.5 Å². The lowest BCUT2D eigenvalue weighted by molar-refractivity contribution is 0.0259. The van der Waals surface area contributed by atoms with E-state index >= 15 is 0 Å². The molecule has 1 saturated heterocycles. The zero-order valence-corrected chi connectivity index (χ0v) is 12.5. The minimum Gasteiger partial charge on any atom is -0.329 e. The van der Waals surface area contributed by atoms with Crippen molar-refractivity contribution in [3.05, 3.63) is 0 Å². The second kappa shape index (κ2) is 5.48. The van der Waals surface area contributed by atoms with Crippen molar-refractivity contribution in [2.75, 3.05) is 39.8 Å². The number of hydrogen-bond donors (Lipinski definition) is 1. The van der Waals surface area contributed by atoms with E-state index < -0.39 is 0 Å². The highest BCUT2D eigenvalue weighted by Gasteiger charge is 2.41. The van der Waals surface area contributed by atoms with E-state index in [1.165, 1.54) is 58.3 Å². The molecule has 0 spiro atoms. The maximum atomic E-state index is 6.19. The predicted molar refractivity (Wildman–Crippen MR) is 77.7 cm³/mol. The molecule has 0 bridgehead atoms. The van der Waals surface area contributed by atoms with Gasteiger partial charge >= 0.3 is 0 Å². The van der Waals surface area contributed by atoms with Gasteiger partial charge in [0, 0.05) is 31.7 Å². The molecule has 1 saturated carbocycles. The lowest BCUT2D eigenvalue weighted by atomic mass is 9.68. The van der Waals surface area contributed by atoms with E-state index in [0.29, 0.717) is 11.0 Å². The Kier molecular flexibility index (Phi) is 4.35. The first-order valence-electron chi connectivity index (χ1n) is 7.61. The normalized spacial score (nSPS) is 30.0. The highest BCUT2D eigenvalue weighted by molar-refractivity contribution is 4.98. The van der Waals surface area contributed by atoms with Gasteiger partial charge in [0.1, 0.15) is 0 Å². The Morgan fingerprint density at radius 1 is 0.944 bits per heavy atom. The van der Waals surface area contributed by atoms with Crippen molar-refractivity contribution in [1.29, 1.82) is 0 Å². The predicted octanol–water partition coefficient (Wildman–Crippen LogP) is 1.92. The van der Waals surface area contributed by atoms with Crippen molar-refractivity contribution >= 4 is 0 Å². The van der Waals surface area contributed by atoms with Gasteiger partial charge in [-0.3, -0.25) is 4.90 Å². The summed E-state index contributed by atoms with van der Waals surface area (Å²) in [5.74, 6) is 0. The topological polar surface area (TPSA) is 32.5 Å². The second-order valence-electron chi connectivity index (χ2n) is 7.24. The van der Waals surface area contributed by atoms with E-state index in [1.807, 2.05) is 0 Å². The molecule has 0 unspecified atom stereocenters. The number of rotatable bonds is 2. The first kappa shape index (κ1) is 14.3. The summed E-state index contributed by atoms with van der Waals surface area (Å²) < 4.78 is 0. The van der Waals surface area contributed by atoms with Crippen LogP contribution >= 0.6 is 0 Å². The average Bonchev–Trinajstić information content (AvgIpc) is 2.56. The zero-order valence-electron chi connectivity index (χ0n) is 12.5. The van der Waals surface area contributed by atoms with Gasteiger partial charge in [-0.05, 0) is 51.1 Å². The van der Waals surface area contributed by atoms with Crippen molar-refractivity contribution in [3.8, 4) is 0 Å². The summed E-state index contributed by atoms with van der Waals surface area (Å²) in [5, 5.41) is 0. The Bertz CT molecular complexity index is 265. The van der Waals surface area contributed by atoms with E-state index in [1.54, 1.807) is 0 Å². The number of nitrogens with zero attached hydrogens (tertiary/aromatic N) is 2. The SMILES string of the molecule is CN1CCCN(C2(CN)CCC(C)(C)CC2)CC1. The molecule has 0 aromatic rings. The zero-order chi connectivity index (χ0) is 13.2. The summed E-state index contributed by atoms with van der Waals surface area (Å²) in [6.07, 6.45) is 6.54. The van der Waals surface area contributed by atoms with Gasteiger partial charge in [0.05, 0.1) is 0 Å². The molecule has 2 N–H and O–H groups in total. The molecule has 18 heavy (non-hydrogen) atoms. The van der Waals surface area contributed by atoms with E-state index in [0.717, 1.165) is 6.54 Å². The van der Waals surface area contributed by atoms with Crippen LogP contribution in [0.15, 0.2) is 0 Å². The van der Waals surface area contributed by atoms with Crippen LogP contribution in [-0.4, -0.2) is 55.1 Å². The maximum Gasteiger partial charge on any atom is 0.0332 e. The van der Waals surface area contributed by atoms with Crippen LogP contribution in [0.25, 0.3) is 0 Å². The van der Waals surface area contributed by atoms with E-state index in [9.17, 15) is 0 Å².